The molecule has 0 aliphatic rings. The number of benzene rings is 1. The van der Waals surface area contributed by atoms with Crippen molar-refractivity contribution in [2.75, 3.05) is 26.1 Å². The molecule has 4 rings (SSSR count). The first-order valence-corrected chi connectivity index (χ1v) is 12.1. The molecule has 39 heavy (non-hydrogen) atoms. The Morgan fingerprint density at radius 2 is 1.64 bits per heavy atom. The van der Waals surface area contributed by atoms with Crippen LogP contribution >= 0.6 is 0 Å². The van der Waals surface area contributed by atoms with Gasteiger partial charge in [0.1, 0.15) is 5.69 Å². The number of pyridine rings is 3. The number of alkyl halides is 6. The first-order chi connectivity index (χ1) is 18.5. The van der Waals surface area contributed by atoms with E-state index < -0.39 is 18.2 Å². The Hall–Kier alpha value is -3.73. The summed E-state index contributed by atoms with van der Waals surface area (Å²) in [6, 6.07) is 12.9. The highest BCUT2D eigenvalue weighted by molar-refractivity contribution is 5.92. The molecule has 0 unspecified atom stereocenters. The summed E-state index contributed by atoms with van der Waals surface area (Å²) in [6.45, 7) is 5.49. The van der Waals surface area contributed by atoms with Crippen molar-refractivity contribution >= 4 is 22.4 Å². The molecule has 0 spiro atoms. The van der Waals surface area contributed by atoms with Crippen LogP contribution in [-0.4, -0.2) is 40.6 Å². The number of fused-ring (bicyclic) bond motifs is 1. The fourth-order valence-electron chi connectivity index (χ4n) is 4.14. The lowest BCUT2D eigenvalue weighted by Crippen LogP contribution is -2.23. The Morgan fingerprint density at radius 1 is 0.949 bits per heavy atom. The minimum absolute atomic E-state index is 0.0489. The largest absolute Gasteiger partial charge is 0.418 e. The Morgan fingerprint density at radius 3 is 2.26 bits per heavy atom. The van der Waals surface area contributed by atoms with Gasteiger partial charge in [0.05, 0.1) is 29.8 Å². The van der Waals surface area contributed by atoms with E-state index in [2.05, 4.69) is 39.0 Å². The van der Waals surface area contributed by atoms with E-state index >= 15 is 0 Å². The third-order valence-electron chi connectivity index (χ3n) is 5.63. The number of aromatic nitrogens is 3. The zero-order valence-electron chi connectivity index (χ0n) is 21.9. The van der Waals surface area contributed by atoms with Crippen molar-refractivity contribution in [3.63, 3.8) is 0 Å². The van der Waals surface area contributed by atoms with E-state index in [4.69, 9.17) is 0 Å². The van der Waals surface area contributed by atoms with Crippen molar-refractivity contribution in [3.8, 4) is 11.4 Å². The molecule has 0 bridgehead atoms. The maximum absolute atomic E-state index is 13.6. The SMILES string of the molecule is CC(C)CN(C)Cc1cc(Nc2ccc(C(F)F)cc2)c2ccc(-c3ncccc3C(F)(F)F)nc2n1.CF. The lowest BCUT2D eigenvalue weighted by molar-refractivity contribution is -0.137. The maximum atomic E-state index is 13.6. The average Bonchev–Trinajstić information content (AvgIpc) is 2.89. The highest BCUT2D eigenvalue weighted by Gasteiger charge is 2.34. The lowest BCUT2D eigenvalue weighted by atomic mass is 10.1. The average molecular weight is 550 g/mol. The predicted octanol–water partition coefficient (Wildman–Crippen LogP) is 8.07. The van der Waals surface area contributed by atoms with Crippen LogP contribution < -0.4 is 5.32 Å². The van der Waals surface area contributed by atoms with Gasteiger partial charge in [-0.05, 0) is 55.4 Å². The van der Waals surface area contributed by atoms with E-state index in [1.54, 1.807) is 18.2 Å². The smallest absolute Gasteiger partial charge is 0.355 e. The van der Waals surface area contributed by atoms with Crippen LogP contribution in [0.4, 0.5) is 37.7 Å². The number of anilines is 2. The van der Waals surface area contributed by atoms with Crippen LogP contribution in [0.5, 0.6) is 0 Å². The lowest BCUT2D eigenvalue weighted by Gasteiger charge is -2.20. The number of hydrogen-bond donors (Lipinski definition) is 1. The minimum Gasteiger partial charge on any atom is -0.355 e. The van der Waals surface area contributed by atoms with Crippen molar-refractivity contribution in [2.24, 2.45) is 5.92 Å². The first kappa shape index (κ1) is 29.8. The predicted molar refractivity (Wildman–Crippen MR) is 141 cm³/mol. The molecular weight excluding hydrogens is 520 g/mol. The van der Waals surface area contributed by atoms with Crippen LogP contribution in [0.2, 0.25) is 0 Å². The van der Waals surface area contributed by atoms with Gasteiger partial charge >= 0.3 is 6.18 Å². The van der Waals surface area contributed by atoms with Crippen LogP contribution in [0, 0.1) is 5.92 Å². The normalized spacial score (nSPS) is 11.7. The first-order valence-electron chi connectivity index (χ1n) is 12.1. The summed E-state index contributed by atoms with van der Waals surface area (Å²) in [7, 11) is 2.45. The molecule has 208 valence electrons. The molecule has 3 heterocycles. The maximum Gasteiger partial charge on any atom is 0.418 e. The van der Waals surface area contributed by atoms with E-state index in [1.165, 1.54) is 30.5 Å². The molecule has 0 aliphatic heterocycles. The molecule has 5 nitrogen and oxygen atoms in total. The van der Waals surface area contributed by atoms with Gasteiger partial charge in [-0.25, -0.2) is 18.7 Å². The minimum atomic E-state index is -4.59. The number of nitrogens with one attached hydrogen (secondary N) is 1. The third kappa shape index (κ3) is 7.66. The zero-order valence-corrected chi connectivity index (χ0v) is 21.9. The molecule has 1 aromatic carbocycles. The van der Waals surface area contributed by atoms with Crippen LogP contribution in [0.1, 0.15) is 37.1 Å². The molecule has 0 saturated carbocycles. The summed E-state index contributed by atoms with van der Waals surface area (Å²) in [5.74, 6) is 0.422. The third-order valence-corrected chi connectivity index (χ3v) is 5.63. The molecule has 0 atom stereocenters. The van der Waals surface area contributed by atoms with Gasteiger partial charge in [0, 0.05) is 35.9 Å². The second kappa shape index (κ2) is 12.9. The molecule has 0 aliphatic carbocycles. The molecule has 11 heteroatoms. The molecule has 4 aromatic rings. The Bertz CT molecular complexity index is 1370. The van der Waals surface area contributed by atoms with Gasteiger partial charge in [0.25, 0.3) is 6.43 Å². The van der Waals surface area contributed by atoms with E-state index in [1.807, 2.05) is 13.1 Å². The topological polar surface area (TPSA) is 53.9 Å². The van der Waals surface area contributed by atoms with Crippen molar-refractivity contribution in [1.82, 2.24) is 19.9 Å². The van der Waals surface area contributed by atoms with Crippen LogP contribution in [0.15, 0.2) is 60.8 Å². The van der Waals surface area contributed by atoms with Gasteiger partial charge in [-0.15, -0.1) is 0 Å². The second-order valence-corrected chi connectivity index (χ2v) is 9.26. The molecule has 0 radical (unpaired) electrons. The van der Waals surface area contributed by atoms with Gasteiger partial charge in [-0.1, -0.05) is 26.0 Å². The van der Waals surface area contributed by atoms with Crippen LogP contribution in [0.25, 0.3) is 22.4 Å². The zero-order chi connectivity index (χ0) is 28.7. The standard InChI is InChI=1S/C27H26F5N5.CH3F/c1-16(2)14-37(3)15-19-13-23(34-18-8-6-17(7-9-18)25(28)29)20-10-11-22(36-26(20)35-19)24-21(27(30,31)32)5-4-12-33-24;1-2/h4-13,16,25H,14-15H2,1-3H3,(H,34,35,36);1H3. The quantitative estimate of drug-likeness (QED) is 0.225. The number of rotatable bonds is 8. The highest BCUT2D eigenvalue weighted by Crippen LogP contribution is 2.36. The monoisotopic (exact) mass is 549 g/mol. The number of hydrogen-bond acceptors (Lipinski definition) is 5. The molecule has 0 fully saturated rings. The van der Waals surface area contributed by atoms with E-state index in [0.717, 1.165) is 12.6 Å². The van der Waals surface area contributed by atoms with Crippen molar-refractivity contribution in [1.29, 1.82) is 0 Å². The second-order valence-electron chi connectivity index (χ2n) is 9.26. The van der Waals surface area contributed by atoms with Crippen molar-refractivity contribution < 1.29 is 26.3 Å². The summed E-state index contributed by atoms with van der Waals surface area (Å²) in [5, 5.41) is 3.79. The van der Waals surface area contributed by atoms with Crippen molar-refractivity contribution in [2.45, 2.75) is 33.0 Å². The Kier molecular flexibility index (Phi) is 9.85. The van der Waals surface area contributed by atoms with Crippen LogP contribution in [0.3, 0.4) is 0 Å². The van der Waals surface area contributed by atoms with Crippen molar-refractivity contribution in [3.05, 3.63) is 77.6 Å². The fourth-order valence-corrected chi connectivity index (χ4v) is 4.14. The summed E-state index contributed by atoms with van der Waals surface area (Å²) < 4.78 is 76.2. The fraction of sp³-hybridized carbons (Fsp3) is 0.321. The summed E-state index contributed by atoms with van der Waals surface area (Å²) in [4.78, 5) is 15.1. The number of halogens is 6. The van der Waals surface area contributed by atoms with E-state index in [9.17, 15) is 26.3 Å². The molecule has 3 aromatic heterocycles. The Balaban J connectivity index is 0.00000205. The number of nitrogens with zero attached hydrogens (tertiary/aromatic N) is 4. The van der Waals surface area contributed by atoms with Gasteiger partial charge in [-0.3, -0.25) is 9.37 Å². The molecule has 0 saturated heterocycles. The highest BCUT2D eigenvalue weighted by atomic mass is 19.4. The van der Waals surface area contributed by atoms with E-state index in [0.29, 0.717) is 42.1 Å². The van der Waals surface area contributed by atoms with E-state index in [-0.39, 0.29) is 22.6 Å². The van der Waals surface area contributed by atoms with Crippen LogP contribution in [-0.2, 0) is 12.7 Å². The summed E-state index contributed by atoms with van der Waals surface area (Å²) in [5.41, 5.74) is 0.884. The summed E-state index contributed by atoms with van der Waals surface area (Å²) in [6.07, 6.45) is -5.88. The molecule has 0 amide bonds. The van der Waals surface area contributed by atoms with Gasteiger partial charge in [0.2, 0.25) is 0 Å². The molecule has 1 N–H and O–H groups in total. The Labute approximate surface area is 222 Å². The molecular formula is C28H29F6N5. The van der Waals surface area contributed by atoms with Gasteiger partial charge in [0.15, 0.2) is 5.65 Å². The van der Waals surface area contributed by atoms with Gasteiger partial charge in [-0.2, -0.15) is 13.2 Å². The van der Waals surface area contributed by atoms with Gasteiger partial charge < -0.3 is 10.2 Å². The summed E-state index contributed by atoms with van der Waals surface area (Å²) >= 11 is 0.